The van der Waals surface area contributed by atoms with E-state index >= 15 is 0 Å². The summed E-state index contributed by atoms with van der Waals surface area (Å²) in [6.45, 7) is 2.15. The first kappa shape index (κ1) is 16.3. The Balaban J connectivity index is 2.00. The molecule has 3 rings (SSSR count). The van der Waals surface area contributed by atoms with Crippen LogP contribution in [0.5, 0.6) is 5.75 Å². The molecule has 0 aliphatic carbocycles. The number of fused-ring (bicyclic) bond motifs is 1. The molecular formula is C18H15ClFNO3. The SMILES string of the molecule is CCc1cc2c(CNc3ccc(Cl)cc3F)cc(=O)oc2cc1O. The van der Waals surface area contributed by atoms with Crippen LogP contribution >= 0.6 is 11.6 Å². The van der Waals surface area contributed by atoms with Gasteiger partial charge < -0.3 is 14.8 Å². The van der Waals surface area contributed by atoms with Crippen LogP contribution in [0.3, 0.4) is 0 Å². The van der Waals surface area contributed by atoms with Crippen molar-refractivity contribution >= 4 is 28.3 Å². The smallest absolute Gasteiger partial charge is 0.336 e. The zero-order valence-corrected chi connectivity index (χ0v) is 13.7. The molecule has 2 aromatic carbocycles. The van der Waals surface area contributed by atoms with Crippen LogP contribution in [0.2, 0.25) is 5.02 Å². The molecule has 2 N–H and O–H groups in total. The van der Waals surface area contributed by atoms with Crippen LogP contribution in [0.4, 0.5) is 10.1 Å². The molecule has 0 bridgehead atoms. The topological polar surface area (TPSA) is 62.5 Å². The molecule has 0 amide bonds. The minimum atomic E-state index is -0.528. The maximum Gasteiger partial charge on any atom is 0.336 e. The summed E-state index contributed by atoms with van der Waals surface area (Å²) < 4.78 is 19.0. The molecule has 0 unspecified atom stereocenters. The summed E-state index contributed by atoms with van der Waals surface area (Å²) in [5, 5.41) is 13.9. The number of anilines is 1. The Morgan fingerprint density at radius 3 is 2.71 bits per heavy atom. The molecule has 3 aromatic rings. The molecule has 0 radical (unpaired) electrons. The highest BCUT2D eigenvalue weighted by Gasteiger charge is 2.11. The number of nitrogens with one attached hydrogen (secondary N) is 1. The van der Waals surface area contributed by atoms with E-state index < -0.39 is 11.4 Å². The van der Waals surface area contributed by atoms with Crippen molar-refractivity contribution in [1.82, 2.24) is 0 Å². The van der Waals surface area contributed by atoms with E-state index in [4.69, 9.17) is 16.0 Å². The van der Waals surface area contributed by atoms with E-state index in [1.165, 1.54) is 24.3 Å². The Bertz CT molecular complexity index is 968. The monoisotopic (exact) mass is 347 g/mol. The molecule has 1 aromatic heterocycles. The van der Waals surface area contributed by atoms with Gasteiger partial charge in [0.25, 0.3) is 0 Å². The average molecular weight is 348 g/mol. The summed E-state index contributed by atoms with van der Waals surface area (Å²) >= 11 is 5.74. The summed E-state index contributed by atoms with van der Waals surface area (Å²) in [7, 11) is 0. The predicted molar refractivity (Wildman–Crippen MR) is 92.3 cm³/mol. The fourth-order valence-corrected chi connectivity index (χ4v) is 2.72. The van der Waals surface area contributed by atoms with Gasteiger partial charge in [-0.1, -0.05) is 18.5 Å². The summed E-state index contributed by atoms with van der Waals surface area (Å²) in [5.74, 6) is -0.385. The third-order valence-corrected chi connectivity index (χ3v) is 4.05. The fourth-order valence-electron chi connectivity index (χ4n) is 2.56. The molecular weight excluding hydrogens is 333 g/mol. The second-order valence-corrected chi connectivity index (χ2v) is 5.84. The lowest BCUT2D eigenvalue weighted by atomic mass is 10.0. The van der Waals surface area contributed by atoms with Gasteiger partial charge in [-0.15, -0.1) is 0 Å². The van der Waals surface area contributed by atoms with Gasteiger partial charge in [0.2, 0.25) is 0 Å². The van der Waals surface area contributed by atoms with Crippen LogP contribution in [0.25, 0.3) is 11.0 Å². The number of phenols is 1. The Hall–Kier alpha value is -2.53. The number of benzene rings is 2. The lowest BCUT2D eigenvalue weighted by Gasteiger charge is -2.11. The van der Waals surface area contributed by atoms with Gasteiger partial charge >= 0.3 is 5.63 Å². The van der Waals surface area contributed by atoms with Gasteiger partial charge in [0.1, 0.15) is 17.1 Å². The van der Waals surface area contributed by atoms with Gasteiger partial charge in [0, 0.05) is 29.1 Å². The van der Waals surface area contributed by atoms with Gasteiger partial charge in [0.05, 0.1) is 5.69 Å². The van der Waals surface area contributed by atoms with Crippen molar-refractivity contribution < 1.29 is 13.9 Å². The maximum absolute atomic E-state index is 13.9. The number of aromatic hydroxyl groups is 1. The van der Waals surface area contributed by atoms with E-state index in [0.717, 1.165) is 5.56 Å². The molecule has 0 aliphatic heterocycles. The van der Waals surface area contributed by atoms with Crippen molar-refractivity contribution in [2.45, 2.75) is 19.9 Å². The summed E-state index contributed by atoms with van der Waals surface area (Å²) in [4.78, 5) is 11.7. The molecule has 1 heterocycles. The number of aryl methyl sites for hydroxylation is 1. The maximum atomic E-state index is 13.9. The summed E-state index contributed by atoms with van der Waals surface area (Å²) in [5.41, 5.74) is 1.46. The van der Waals surface area contributed by atoms with Crippen LogP contribution in [0, 0.1) is 5.82 Å². The number of rotatable bonds is 4. The predicted octanol–water partition coefficient (Wildman–Crippen LogP) is 4.47. The van der Waals surface area contributed by atoms with Gasteiger partial charge in [-0.3, -0.25) is 0 Å². The molecule has 124 valence electrons. The standard InChI is InChI=1S/C18H15ClFNO3/c1-2-10-5-13-11(6-18(23)24-17(13)8-16(10)22)9-21-15-4-3-12(19)7-14(15)20/h3-8,21-22H,2,9H2,1H3. The van der Waals surface area contributed by atoms with Crippen molar-refractivity contribution in [3.8, 4) is 5.75 Å². The normalized spacial score (nSPS) is 11.0. The lowest BCUT2D eigenvalue weighted by Crippen LogP contribution is -2.07. The number of halogens is 2. The Kier molecular flexibility index (Phi) is 4.44. The lowest BCUT2D eigenvalue weighted by molar-refractivity contribution is 0.466. The summed E-state index contributed by atoms with van der Waals surface area (Å²) in [6, 6.07) is 8.91. The van der Waals surface area contributed by atoms with Crippen molar-refractivity contribution in [1.29, 1.82) is 0 Å². The first-order valence-corrected chi connectivity index (χ1v) is 7.83. The Labute approximate surface area is 142 Å². The minimum absolute atomic E-state index is 0.0852. The molecule has 0 saturated heterocycles. The van der Waals surface area contributed by atoms with Gasteiger partial charge in [0.15, 0.2) is 0 Å². The molecule has 24 heavy (non-hydrogen) atoms. The highest BCUT2D eigenvalue weighted by molar-refractivity contribution is 6.30. The van der Waals surface area contributed by atoms with E-state index in [1.54, 1.807) is 12.1 Å². The highest BCUT2D eigenvalue weighted by atomic mass is 35.5. The first-order valence-electron chi connectivity index (χ1n) is 7.45. The van der Waals surface area contributed by atoms with Crippen molar-refractivity contribution in [2.24, 2.45) is 0 Å². The van der Waals surface area contributed by atoms with Crippen LogP contribution in [-0.4, -0.2) is 5.11 Å². The molecule has 0 fully saturated rings. The fraction of sp³-hybridized carbons (Fsp3) is 0.167. The van der Waals surface area contributed by atoms with Crippen molar-refractivity contribution in [3.05, 3.63) is 68.8 Å². The van der Waals surface area contributed by atoms with Crippen LogP contribution in [-0.2, 0) is 13.0 Å². The second kappa shape index (κ2) is 6.53. The van der Waals surface area contributed by atoms with Crippen molar-refractivity contribution in [3.63, 3.8) is 0 Å². The number of phenolic OH excluding ortho intramolecular Hbond substituents is 1. The number of hydrogen-bond donors (Lipinski definition) is 2. The molecule has 0 saturated carbocycles. The zero-order valence-electron chi connectivity index (χ0n) is 12.9. The van der Waals surface area contributed by atoms with E-state index in [0.29, 0.717) is 28.0 Å². The molecule has 0 spiro atoms. The van der Waals surface area contributed by atoms with Gasteiger partial charge in [-0.05, 0) is 41.8 Å². The van der Waals surface area contributed by atoms with E-state index in [-0.39, 0.29) is 18.0 Å². The molecule has 0 aliphatic rings. The second-order valence-electron chi connectivity index (χ2n) is 5.40. The van der Waals surface area contributed by atoms with Crippen LogP contribution < -0.4 is 10.9 Å². The number of hydrogen-bond acceptors (Lipinski definition) is 4. The molecule has 6 heteroatoms. The first-order chi connectivity index (χ1) is 11.5. The Morgan fingerprint density at radius 1 is 1.21 bits per heavy atom. The van der Waals surface area contributed by atoms with Crippen LogP contribution in [0.1, 0.15) is 18.1 Å². The highest BCUT2D eigenvalue weighted by Crippen LogP contribution is 2.27. The quantitative estimate of drug-likeness (QED) is 0.684. The third-order valence-electron chi connectivity index (χ3n) is 3.81. The molecule has 4 nitrogen and oxygen atoms in total. The van der Waals surface area contributed by atoms with E-state index in [9.17, 15) is 14.3 Å². The minimum Gasteiger partial charge on any atom is -0.508 e. The van der Waals surface area contributed by atoms with E-state index in [1.807, 2.05) is 6.92 Å². The van der Waals surface area contributed by atoms with E-state index in [2.05, 4.69) is 5.32 Å². The average Bonchev–Trinajstić information content (AvgIpc) is 2.53. The van der Waals surface area contributed by atoms with Gasteiger partial charge in [-0.25, -0.2) is 9.18 Å². The largest absolute Gasteiger partial charge is 0.508 e. The Morgan fingerprint density at radius 2 is 2.00 bits per heavy atom. The third kappa shape index (κ3) is 3.21. The summed E-state index contributed by atoms with van der Waals surface area (Å²) in [6.07, 6.45) is 0.638. The zero-order chi connectivity index (χ0) is 17.3. The van der Waals surface area contributed by atoms with Gasteiger partial charge in [-0.2, -0.15) is 0 Å². The molecule has 0 atom stereocenters. The van der Waals surface area contributed by atoms with Crippen LogP contribution in [0.15, 0.2) is 45.6 Å². The van der Waals surface area contributed by atoms with Crippen molar-refractivity contribution in [2.75, 3.05) is 5.32 Å².